The molecule has 1 aliphatic heterocycles. The second kappa shape index (κ2) is 6.71. The zero-order valence-corrected chi connectivity index (χ0v) is 14.1. The molecular weight excluding hydrogens is 310 g/mol. The van der Waals surface area contributed by atoms with E-state index in [-0.39, 0.29) is 5.91 Å². The molecule has 2 heterocycles. The standard InChI is InChI=1S/C18H21NO3S/c1-2-6-14-13-8-3-4-9-15(13)23-16(14)17(20)19-10-5-7-12(11-19)18(21)22/h3-4,8-9,12H,2,5-7,10-11H2,1H3,(H,21,22). The first-order valence-electron chi connectivity index (χ1n) is 8.14. The fraction of sp³-hybridized carbons (Fsp3) is 0.444. The van der Waals surface area contributed by atoms with E-state index in [0.29, 0.717) is 19.5 Å². The second-order valence-electron chi connectivity index (χ2n) is 6.08. The van der Waals surface area contributed by atoms with E-state index in [4.69, 9.17) is 0 Å². The summed E-state index contributed by atoms with van der Waals surface area (Å²) >= 11 is 1.54. The van der Waals surface area contributed by atoms with Gasteiger partial charge in [-0.05, 0) is 36.3 Å². The summed E-state index contributed by atoms with van der Waals surface area (Å²) in [5.41, 5.74) is 1.12. The zero-order chi connectivity index (χ0) is 16.4. The highest BCUT2D eigenvalue weighted by molar-refractivity contribution is 7.21. The van der Waals surface area contributed by atoms with Gasteiger partial charge >= 0.3 is 5.97 Å². The van der Waals surface area contributed by atoms with E-state index < -0.39 is 11.9 Å². The third kappa shape index (κ3) is 3.11. The van der Waals surface area contributed by atoms with Crippen LogP contribution in [0, 0.1) is 5.92 Å². The third-order valence-electron chi connectivity index (χ3n) is 4.45. The van der Waals surface area contributed by atoms with Crippen LogP contribution in [0.4, 0.5) is 0 Å². The van der Waals surface area contributed by atoms with Gasteiger partial charge < -0.3 is 10.0 Å². The molecule has 2 aromatic rings. The summed E-state index contributed by atoms with van der Waals surface area (Å²) in [6, 6.07) is 8.12. The van der Waals surface area contributed by atoms with Crippen LogP contribution in [0.1, 0.15) is 41.4 Å². The average molecular weight is 331 g/mol. The summed E-state index contributed by atoms with van der Waals surface area (Å²) in [6.07, 6.45) is 3.28. The maximum absolute atomic E-state index is 13.0. The van der Waals surface area contributed by atoms with Gasteiger partial charge in [-0.1, -0.05) is 31.5 Å². The fourth-order valence-corrected chi connectivity index (χ4v) is 4.50. The summed E-state index contributed by atoms with van der Waals surface area (Å²) in [7, 11) is 0. The number of carbonyl (C=O) groups is 2. The highest BCUT2D eigenvalue weighted by atomic mass is 32.1. The zero-order valence-electron chi connectivity index (χ0n) is 13.2. The summed E-state index contributed by atoms with van der Waals surface area (Å²) in [4.78, 5) is 26.7. The number of carboxylic acid groups (broad SMARTS) is 1. The Hall–Kier alpha value is -1.88. The molecule has 122 valence electrons. The Morgan fingerprint density at radius 3 is 2.87 bits per heavy atom. The van der Waals surface area contributed by atoms with Gasteiger partial charge in [-0.3, -0.25) is 9.59 Å². The summed E-state index contributed by atoms with van der Waals surface area (Å²) < 4.78 is 1.13. The van der Waals surface area contributed by atoms with Crippen LogP contribution in [-0.2, 0) is 11.2 Å². The van der Waals surface area contributed by atoms with Crippen molar-refractivity contribution in [3.05, 3.63) is 34.7 Å². The average Bonchev–Trinajstić information content (AvgIpc) is 2.93. The van der Waals surface area contributed by atoms with E-state index in [0.717, 1.165) is 39.8 Å². The molecule has 0 spiro atoms. The number of rotatable bonds is 4. The van der Waals surface area contributed by atoms with Gasteiger partial charge in [0.2, 0.25) is 0 Å². The van der Waals surface area contributed by atoms with Crippen molar-refractivity contribution in [2.75, 3.05) is 13.1 Å². The molecule has 0 bridgehead atoms. The van der Waals surface area contributed by atoms with Crippen molar-refractivity contribution in [1.82, 2.24) is 4.90 Å². The first-order chi connectivity index (χ1) is 11.1. The molecular formula is C18H21NO3S. The highest BCUT2D eigenvalue weighted by Gasteiger charge is 2.30. The molecule has 1 amide bonds. The minimum atomic E-state index is -0.798. The number of likely N-dealkylation sites (tertiary alicyclic amines) is 1. The summed E-state index contributed by atoms with van der Waals surface area (Å²) in [5.74, 6) is -1.23. The molecule has 1 aliphatic rings. The Morgan fingerprint density at radius 2 is 2.13 bits per heavy atom. The van der Waals surface area contributed by atoms with Crippen molar-refractivity contribution < 1.29 is 14.7 Å². The molecule has 1 unspecified atom stereocenters. The van der Waals surface area contributed by atoms with Crippen LogP contribution in [0.2, 0.25) is 0 Å². The van der Waals surface area contributed by atoms with E-state index in [1.165, 1.54) is 11.3 Å². The molecule has 1 N–H and O–H groups in total. The fourth-order valence-electron chi connectivity index (χ4n) is 3.28. The number of benzene rings is 1. The Balaban J connectivity index is 1.94. The van der Waals surface area contributed by atoms with E-state index in [1.54, 1.807) is 4.90 Å². The Morgan fingerprint density at radius 1 is 1.35 bits per heavy atom. The summed E-state index contributed by atoms with van der Waals surface area (Å²) in [6.45, 7) is 3.10. The monoisotopic (exact) mass is 331 g/mol. The first-order valence-corrected chi connectivity index (χ1v) is 8.96. The number of piperidine rings is 1. The molecule has 1 fully saturated rings. The molecule has 1 saturated heterocycles. The summed E-state index contributed by atoms with van der Waals surface area (Å²) in [5, 5.41) is 10.4. The molecule has 1 atom stereocenters. The number of thiophene rings is 1. The number of carboxylic acids is 1. The van der Waals surface area contributed by atoms with Crippen LogP contribution in [0.25, 0.3) is 10.1 Å². The van der Waals surface area contributed by atoms with Gasteiger partial charge in [-0.25, -0.2) is 0 Å². The topological polar surface area (TPSA) is 57.6 Å². The van der Waals surface area contributed by atoms with Gasteiger partial charge in [0.15, 0.2) is 0 Å². The van der Waals surface area contributed by atoms with Crippen molar-refractivity contribution >= 4 is 33.3 Å². The lowest BCUT2D eigenvalue weighted by molar-refractivity contribution is -0.143. The Labute approximate surface area is 139 Å². The lowest BCUT2D eigenvalue weighted by atomic mass is 9.97. The molecule has 0 radical (unpaired) electrons. The predicted octanol–water partition coefficient (Wildman–Crippen LogP) is 3.79. The molecule has 4 nitrogen and oxygen atoms in total. The van der Waals surface area contributed by atoms with Gasteiger partial charge in [0.25, 0.3) is 5.91 Å². The maximum Gasteiger partial charge on any atom is 0.308 e. The largest absolute Gasteiger partial charge is 0.481 e. The van der Waals surface area contributed by atoms with E-state index in [2.05, 4.69) is 13.0 Å². The molecule has 1 aromatic carbocycles. The second-order valence-corrected chi connectivity index (χ2v) is 7.14. The van der Waals surface area contributed by atoms with Gasteiger partial charge in [0.05, 0.1) is 10.8 Å². The molecule has 5 heteroatoms. The van der Waals surface area contributed by atoms with Crippen LogP contribution in [-0.4, -0.2) is 35.0 Å². The van der Waals surface area contributed by atoms with Gasteiger partial charge in [0, 0.05) is 17.8 Å². The number of nitrogens with zero attached hydrogens (tertiary/aromatic N) is 1. The smallest absolute Gasteiger partial charge is 0.308 e. The molecule has 0 aliphatic carbocycles. The first kappa shape index (κ1) is 16.0. The number of aryl methyl sites for hydroxylation is 1. The van der Waals surface area contributed by atoms with Gasteiger partial charge in [0.1, 0.15) is 0 Å². The van der Waals surface area contributed by atoms with Crippen LogP contribution in [0.3, 0.4) is 0 Å². The third-order valence-corrected chi connectivity index (χ3v) is 5.65. The van der Waals surface area contributed by atoms with Crippen LogP contribution in [0.15, 0.2) is 24.3 Å². The SMILES string of the molecule is CCCc1c(C(=O)N2CCCC(C(=O)O)C2)sc2ccccc12. The van der Waals surface area contributed by atoms with Crippen LogP contribution in [0.5, 0.6) is 0 Å². The van der Waals surface area contributed by atoms with Gasteiger partial charge in [-0.15, -0.1) is 11.3 Å². The molecule has 1 aromatic heterocycles. The lowest BCUT2D eigenvalue weighted by Gasteiger charge is -2.30. The molecule has 0 saturated carbocycles. The van der Waals surface area contributed by atoms with Crippen LogP contribution >= 0.6 is 11.3 Å². The maximum atomic E-state index is 13.0. The number of aliphatic carboxylic acids is 1. The predicted molar refractivity (Wildman–Crippen MR) is 92.1 cm³/mol. The van der Waals surface area contributed by atoms with E-state index in [1.807, 2.05) is 18.2 Å². The Kier molecular flexibility index (Phi) is 4.66. The number of hydrogen-bond acceptors (Lipinski definition) is 3. The van der Waals surface area contributed by atoms with Crippen molar-refractivity contribution in [3.8, 4) is 0 Å². The highest BCUT2D eigenvalue weighted by Crippen LogP contribution is 2.34. The Bertz CT molecular complexity index is 737. The molecule has 3 rings (SSSR count). The number of hydrogen-bond donors (Lipinski definition) is 1. The number of amides is 1. The van der Waals surface area contributed by atoms with E-state index in [9.17, 15) is 14.7 Å². The van der Waals surface area contributed by atoms with E-state index >= 15 is 0 Å². The van der Waals surface area contributed by atoms with Crippen molar-refractivity contribution in [3.63, 3.8) is 0 Å². The van der Waals surface area contributed by atoms with Crippen molar-refractivity contribution in [2.45, 2.75) is 32.6 Å². The van der Waals surface area contributed by atoms with Gasteiger partial charge in [-0.2, -0.15) is 0 Å². The molecule has 23 heavy (non-hydrogen) atoms. The minimum Gasteiger partial charge on any atom is -0.481 e. The van der Waals surface area contributed by atoms with Crippen molar-refractivity contribution in [1.29, 1.82) is 0 Å². The van der Waals surface area contributed by atoms with Crippen molar-refractivity contribution in [2.24, 2.45) is 5.92 Å². The van der Waals surface area contributed by atoms with Crippen LogP contribution < -0.4 is 0 Å². The number of fused-ring (bicyclic) bond motifs is 1. The number of carbonyl (C=O) groups excluding carboxylic acids is 1. The normalized spacial score (nSPS) is 18.3. The minimum absolute atomic E-state index is 0.000556. The quantitative estimate of drug-likeness (QED) is 0.927. The lowest BCUT2D eigenvalue weighted by Crippen LogP contribution is -2.42.